The summed E-state index contributed by atoms with van der Waals surface area (Å²) < 4.78 is 7.25. The van der Waals surface area contributed by atoms with E-state index in [1.54, 1.807) is 12.1 Å². The number of aromatic nitrogens is 2. The van der Waals surface area contributed by atoms with Crippen LogP contribution >= 0.6 is 0 Å². The minimum atomic E-state index is 0.0140. The summed E-state index contributed by atoms with van der Waals surface area (Å²) in [5, 5.41) is 13.4. The highest BCUT2D eigenvalue weighted by Crippen LogP contribution is 2.25. The number of fused-ring (bicyclic) bond motifs is 1. The van der Waals surface area contributed by atoms with E-state index < -0.39 is 0 Å². The van der Waals surface area contributed by atoms with E-state index >= 15 is 0 Å². The van der Waals surface area contributed by atoms with Crippen molar-refractivity contribution in [3.63, 3.8) is 0 Å². The number of rotatable bonds is 2. The Balaban J connectivity index is 1.55. The molecule has 6 heteroatoms. The number of hydrogen-bond donors (Lipinski definition) is 0. The number of benzene rings is 1. The molecule has 4 rings (SSSR count). The molecule has 0 bridgehead atoms. The summed E-state index contributed by atoms with van der Waals surface area (Å²) in [4.78, 5) is 14.5. The molecule has 0 saturated carbocycles. The molecule has 1 fully saturated rings. The summed E-state index contributed by atoms with van der Waals surface area (Å²) >= 11 is 0. The minimum absolute atomic E-state index is 0.0140. The molecule has 1 amide bonds. The maximum absolute atomic E-state index is 12.5. The van der Waals surface area contributed by atoms with Gasteiger partial charge in [0.15, 0.2) is 0 Å². The van der Waals surface area contributed by atoms with E-state index in [9.17, 15) is 4.79 Å². The Hall–Kier alpha value is -2.65. The van der Waals surface area contributed by atoms with Gasteiger partial charge in [-0.15, -0.1) is 0 Å². The summed E-state index contributed by atoms with van der Waals surface area (Å²) in [6.45, 7) is 2.56. The van der Waals surface area contributed by atoms with Crippen LogP contribution in [0.3, 0.4) is 0 Å². The van der Waals surface area contributed by atoms with Gasteiger partial charge in [0.1, 0.15) is 0 Å². The lowest BCUT2D eigenvalue weighted by molar-refractivity contribution is -0.136. The van der Waals surface area contributed by atoms with Crippen LogP contribution in [0.15, 0.2) is 30.5 Å². The van der Waals surface area contributed by atoms with Crippen LogP contribution < -0.4 is 0 Å². The second-order valence-corrected chi connectivity index (χ2v) is 6.26. The summed E-state index contributed by atoms with van der Waals surface area (Å²) in [5.41, 5.74) is 3.82. The maximum Gasteiger partial charge on any atom is 0.228 e. The Kier molecular flexibility index (Phi) is 3.79. The second kappa shape index (κ2) is 6.10. The smallest absolute Gasteiger partial charge is 0.228 e. The van der Waals surface area contributed by atoms with Crippen molar-refractivity contribution >= 4 is 5.91 Å². The fraction of sp³-hybridized carbons (Fsp3) is 0.389. The van der Waals surface area contributed by atoms with Gasteiger partial charge in [-0.3, -0.25) is 4.79 Å². The zero-order valence-electron chi connectivity index (χ0n) is 13.3. The predicted molar refractivity (Wildman–Crippen MR) is 86.3 cm³/mol. The van der Waals surface area contributed by atoms with E-state index in [2.05, 4.69) is 11.2 Å². The predicted octanol–water partition coefficient (Wildman–Crippen LogP) is 1.67. The van der Waals surface area contributed by atoms with Crippen molar-refractivity contribution in [3.8, 4) is 11.8 Å². The van der Waals surface area contributed by atoms with E-state index in [0.717, 1.165) is 29.8 Å². The van der Waals surface area contributed by atoms with E-state index in [4.69, 9.17) is 10.00 Å². The molecule has 0 radical (unpaired) electrons. The number of hydrogen-bond acceptors (Lipinski definition) is 4. The molecule has 1 atom stereocenters. The number of carbonyl (C=O) groups is 1. The lowest BCUT2D eigenvalue weighted by Crippen LogP contribution is -2.40. The van der Waals surface area contributed by atoms with Crippen molar-refractivity contribution in [3.05, 3.63) is 47.3 Å². The van der Waals surface area contributed by atoms with Crippen LogP contribution in [0.25, 0.3) is 5.69 Å². The van der Waals surface area contributed by atoms with Crippen molar-refractivity contribution in [2.45, 2.75) is 19.4 Å². The summed E-state index contributed by atoms with van der Waals surface area (Å²) in [7, 11) is 0. The molecular weight excluding hydrogens is 304 g/mol. The average Bonchev–Trinajstić information content (AvgIpc) is 3.30. The Labute approximate surface area is 140 Å². The topological polar surface area (TPSA) is 71.2 Å². The first-order valence-electron chi connectivity index (χ1n) is 8.19. The van der Waals surface area contributed by atoms with Crippen molar-refractivity contribution in [1.29, 1.82) is 5.26 Å². The van der Waals surface area contributed by atoms with Crippen LogP contribution in [-0.4, -0.2) is 40.3 Å². The Morgan fingerprint density at radius 2 is 2.17 bits per heavy atom. The van der Waals surface area contributed by atoms with Gasteiger partial charge in [-0.25, -0.2) is 4.68 Å². The second-order valence-electron chi connectivity index (χ2n) is 6.26. The van der Waals surface area contributed by atoms with Gasteiger partial charge in [0.05, 0.1) is 41.7 Å². The Morgan fingerprint density at radius 3 is 2.88 bits per heavy atom. The molecule has 122 valence electrons. The highest BCUT2D eigenvalue weighted by atomic mass is 16.5. The monoisotopic (exact) mass is 322 g/mol. The SMILES string of the molecule is N#Cc1ccc(-n2ncc3c2CCN(C(=O)C2CCOC2)C3)cc1. The quantitative estimate of drug-likeness (QED) is 0.843. The molecule has 2 aliphatic heterocycles. The normalized spacial score (nSPS) is 19.8. The molecule has 6 nitrogen and oxygen atoms in total. The summed E-state index contributed by atoms with van der Waals surface area (Å²) in [5.74, 6) is 0.212. The van der Waals surface area contributed by atoms with E-state index in [0.29, 0.717) is 31.9 Å². The van der Waals surface area contributed by atoms with Crippen LogP contribution in [0, 0.1) is 17.2 Å². The van der Waals surface area contributed by atoms with Crippen molar-refractivity contribution in [2.75, 3.05) is 19.8 Å². The Morgan fingerprint density at radius 1 is 1.33 bits per heavy atom. The lowest BCUT2D eigenvalue weighted by atomic mass is 10.0. The summed E-state index contributed by atoms with van der Waals surface area (Å²) in [6, 6.07) is 9.51. The van der Waals surface area contributed by atoms with Crippen molar-refractivity contribution in [1.82, 2.24) is 14.7 Å². The highest BCUT2D eigenvalue weighted by Gasteiger charge is 2.31. The third kappa shape index (κ3) is 2.57. The largest absolute Gasteiger partial charge is 0.381 e. The van der Waals surface area contributed by atoms with E-state index in [1.165, 1.54) is 0 Å². The zero-order chi connectivity index (χ0) is 16.5. The molecular formula is C18H18N4O2. The molecule has 24 heavy (non-hydrogen) atoms. The van der Waals surface area contributed by atoms with Crippen LogP contribution in [0.1, 0.15) is 23.2 Å². The number of nitriles is 1. The molecule has 1 aromatic heterocycles. The number of ether oxygens (including phenoxy) is 1. The standard InChI is InChI=1S/C18H18N4O2/c19-9-13-1-3-16(4-2-13)22-17-5-7-21(11-15(17)10-20-22)18(23)14-6-8-24-12-14/h1-4,10,14H,5-8,11-12H2. The zero-order valence-corrected chi connectivity index (χ0v) is 13.3. The highest BCUT2D eigenvalue weighted by molar-refractivity contribution is 5.79. The fourth-order valence-electron chi connectivity index (χ4n) is 3.41. The minimum Gasteiger partial charge on any atom is -0.381 e. The molecule has 0 aliphatic carbocycles. The molecule has 1 saturated heterocycles. The van der Waals surface area contributed by atoms with Gasteiger partial charge in [-0.1, -0.05) is 0 Å². The number of amides is 1. The first-order valence-corrected chi connectivity index (χ1v) is 8.19. The van der Waals surface area contributed by atoms with Crippen molar-refractivity contribution < 1.29 is 9.53 Å². The molecule has 0 spiro atoms. The van der Waals surface area contributed by atoms with Gasteiger partial charge in [0.2, 0.25) is 5.91 Å². The van der Waals surface area contributed by atoms with Crippen molar-refractivity contribution in [2.24, 2.45) is 5.92 Å². The first-order chi connectivity index (χ1) is 11.8. The van der Waals surface area contributed by atoms with Gasteiger partial charge < -0.3 is 9.64 Å². The molecule has 2 aliphatic rings. The first kappa shape index (κ1) is 14.9. The van der Waals surface area contributed by atoms with Gasteiger partial charge in [0.25, 0.3) is 0 Å². The van der Waals surface area contributed by atoms with Crippen LogP contribution in [0.5, 0.6) is 0 Å². The molecule has 0 N–H and O–H groups in total. The van der Waals surface area contributed by atoms with Gasteiger partial charge in [-0.05, 0) is 30.7 Å². The van der Waals surface area contributed by atoms with E-state index in [-0.39, 0.29) is 11.8 Å². The number of carbonyl (C=O) groups excluding carboxylic acids is 1. The fourth-order valence-corrected chi connectivity index (χ4v) is 3.41. The van der Waals surface area contributed by atoms with Crippen LogP contribution in [0.4, 0.5) is 0 Å². The third-order valence-corrected chi connectivity index (χ3v) is 4.77. The Bertz CT molecular complexity index is 797. The average molecular weight is 322 g/mol. The molecule has 2 aromatic rings. The van der Waals surface area contributed by atoms with Gasteiger partial charge in [-0.2, -0.15) is 10.4 Å². The van der Waals surface area contributed by atoms with Gasteiger partial charge >= 0.3 is 0 Å². The maximum atomic E-state index is 12.5. The van der Waals surface area contributed by atoms with Gasteiger partial charge in [0, 0.05) is 31.7 Å². The molecule has 1 aromatic carbocycles. The third-order valence-electron chi connectivity index (χ3n) is 4.77. The van der Waals surface area contributed by atoms with Crippen LogP contribution in [0.2, 0.25) is 0 Å². The lowest BCUT2D eigenvalue weighted by Gasteiger charge is -2.29. The summed E-state index contributed by atoms with van der Waals surface area (Å²) in [6.07, 6.45) is 3.46. The molecule has 3 heterocycles. The van der Waals surface area contributed by atoms with E-state index in [1.807, 2.05) is 27.9 Å². The number of nitrogens with zero attached hydrogens (tertiary/aromatic N) is 4. The van der Waals surface area contributed by atoms with Crippen LogP contribution in [-0.2, 0) is 22.5 Å². The molecule has 1 unspecified atom stereocenters.